The van der Waals surface area contributed by atoms with Gasteiger partial charge in [0.1, 0.15) is 24.0 Å². The Balaban J connectivity index is 1.35. The number of halogens is 4. The molecule has 0 spiro atoms. The van der Waals surface area contributed by atoms with Gasteiger partial charge in [-0.15, -0.1) is 0 Å². The van der Waals surface area contributed by atoms with Crippen LogP contribution in [0.25, 0.3) is 10.9 Å². The Morgan fingerprint density at radius 3 is 2.52 bits per heavy atom. The third kappa shape index (κ3) is 6.20. The number of anilines is 2. The molecule has 10 nitrogen and oxygen atoms in total. The van der Waals surface area contributed by atoms with Crippen molar-refractivity contribution in [2.75, 3.05) is 25.5 Å². The number of alkyl halides is 3. The predicted molar refractivity (Wildman–Crippen MR) is 150 cm³/mol. The molecule has 220 valence electrons. The van der Waals surface area contributed by atoms with Gasteiger partial charge in [0.15, 0.2) is 17.2 Å². The minimum atomic E-state index is -4.60. The molecular formula is C28H26ClF3N6O4. The number of ether oxygens (including phenoxy) is 3. The molecule has 2 aromatic carbocycles. The zero-order valence-electron chi connectivity index (χ0n) is 22.6. The van der Waals surface area contributed by atoms with E-state index in [0.717, 1.165) is 10.7 Å². The molecule has 0 radical (unpaired) electrons. The van der Waals surface area contributed by atoms with Gasteiger partial charge in [0.25, 0.3) is 0 Å². The van der Waals surface area contributed by atoms with Crippen LogP contribution >= 0.6 is 11.6 Å². The number of nitrogens with zero attached hydrogens (tertiary/aromatic N) is 5. The molecule has 0 aliphatic carbocycles. The lowest BCUT2D eigenvalue weighted by Gasteiger charge is -2.31. The van der Waals surface area contributed by atoms with Crippen molar-refractivity contribution in [1.82, 2.24) is 24.6 Å². The standard InChI is InChI=1S/C28H26ClF3N6O4/c1-4-25(39)38-9-7-17(8-10-38)41-23-12-18-20(13-22(23)40-3)33-15-34-27(18)35-16-5-6-21(19(29)11-16)42-26-14-24(28(30,31)32)36-37(26)2/h4-6,11-15,17H,1,7-10H2,2-3H3,(H,33,34,35). The predicted octanol–water partition coefficient (Wildman–Crippen LogP) is 6.14. The van der Waals surface area contributed by atoms with E-state index in [9.17, 15) is 18.0 Å². The number of rotatable bonds is 8. The summed E-state index contributed by atoms with van der Waals surface area (Å²) in [5, 5.41) is 7.44. The van der Waals surface area contributed by atoms with Crippen molar-refractivity contribution in [3.05, 3.63) is 66.1 Å². The summed E-state index contributed by atoms with van der Waals surface area (Å²) in [6.45, 7) is 4.66. The van der Waals surface area contributed by atoms with Crippen molar-refractivity contribution in [3.8, 4) is 23.1 Å². The van der Waals surface area contributed by atoms with Crippen LogP contribution in [0.15, 0.2) is 55.4 Å². The second-order valence-corrected chi connectivity index (χ2v) is 9.86. The Kier molecular flexibility index (Phi) is 8.12. The summed E-state index contributed by atoms with van der Waals surface area (Å²) < 4.78 is 57.4. The van der Waals surface area contributed by atoms with Crippen LogP contribution in [0.1, 0.15) is 18.5 Å². The maximum atomic E-state index is 13.0. The van der Waals surface area contributed by atoms with Crippen molar-refractivity contribution in [2.24, 2.45) is 7.05 Å². The zero-order chi connectivity index (χ0) is 30.0. The normalized spacial score (nSPS) is 14.1. The van der Waals surface area contributed by atoms with Gasteiger partial charge < -0.3 is 24.4 Å². The number of likely N-dealkylation sites (tertiary alicyclic amines) is 1. The minimum absolute atomic E-state index is 0.100. The smallest absolute Gasteiger partial charge is 0.435 e. The first-order valence-corrected chi connectivity index (χ1v) is 13.2. The van der Waals surface area contributed by atoms with Gasteiger partial charge >= 0.3 is 6.18 Å². The Morgan fingerprint density at radius 1 is 1.12 bits per heavy atom. The fourth-order valence-corrected chi connectivity index (χ4v) is 4.73. The topological polar surface area (TPSA) is 104 Å². The number of piperidine rings is 1. The lowest BCUT2D eigenvalue weighted by Crippen LogP contribution is -2.41. The average molecular weight is 603 g/mol. The van der Waals surface area contributed by atoms with Crippen LogP contribution in [0.3, 0.4) is 0 Å². The number of benzene rings is 2. The number of hydrogen-bond donors (Lipinski definition) is 1. The Labute approximate surface area is 243 Å². The summed E-state index contributed by atoms with van der Waals surface area (Å²) >= 11 is 6.41. The molecule has 1 N–H and O–H groups in total. The zero-order valence-corrected chi connectivity index (χ0v) is 23.4. The Morgan fingerprint density at radius 2 is 1.88 bits per heavy atom. The lowest BCUT2D eigenvalue weighted by molar-refractivity contribution is -0.141. The van der Waals surface area contributed by atoms with E-state index >= 15 is 0 Å². The molecule has 0 saturated carbocycles. The molecular weight excluding hydrogens is 577 g/mol. The van der Waals surface area contributed by atoms with E-state index in [1.807, 2.05) is 0 Å². The summed E-state index contributed by atoms with van der Waals surface area (Å²) in [5.74, 6) is 1.40. The van der Waals surface area contributed by atoms with Gasteiger partial charge in [0.05, 0.1) is 17.6 Å². The molecule has 4 aromatic rings. The molecule has 0 atom stereocenters. The van der Waals surface area contributed by atoms with Crippen LogP contribution in [0, 0.1) is 0 Å². The SMILES string of the molecule is C=CC(=O)N1CCC(Oc2cc3c(Nc4ccc(Oc5cc(C(F)(F)F)nn5C)c(Cl)c4)ncnc3cc2OC)CC1. The van der Waals surface area contributed by atoms with Crippen LogP contribution in [0.5, 0.6) is 23.1 Å². The summed E-state index contributed by atoms with van der Waals surface area (Å²) in [6.07, 6.45) is -0.708. The molecule has 14 heteroatoms. The van der Waals surface area contributed by atoms with Crippen molar-refractivity contribution < 1.29 is 32.2 Å². The van der Waals surface area contributed by atoms with Gasteiger partial charge in [-0.05, 0) is 30.3 Å². The van der Waals surface area contributed by atoms with Gasteiger partial charge in [-0.3, -0.25) is 4.79 Å². The number of carbonyl (C=O) groups is 1. The number of carbonyl (C=O) groups excluding carboxylic acids is 1. The van der Waals surface area contributed by atoms with Crippen LogP contribution in [0.2, 0.25) is 5.02 Å². The maximum Gasteiger partial charge on any atom is 0.435 e. The van der Waals surface area contributed by atoms with E-state index < -0.39 is 11.9 Å². The molecule has 1 fully saturated rings. The Bertz CT molecular complexity index is 1640. The summed E-state index contributed by atoms with van der Waals surface area (Å²) in [4.78, 5) is 22.4. The second kappa shape index (κ2) is 11.8. The highest BCUT2D eigenvalue weighted by Gasteiger charge is 2.35. The first-order chi connectivity index (χ1) is 20.0. The van der Waals surface area contributed by atoms with E-state index in [4.69, 9.17) is 25.8 Å². The number of aromatic nitrogens is 4. The van der Waals surface area contributed by atoms with E-state index in [-0.39, 0.29) is 28.7 Å². The van der Waals surface area contributed by atoms with Gasteiger partial charge in [0.2, 0.25) is 11.8 Å². The lowest BCUT2D eigenvalue weighted by atomic mass is 10.1. The van der Waals surface area contributed by atoms with Crippen molar-refractivity contribution >= 4 is 39.9 Å². The van der Waals surface area contributed by atoms with Crippen LogP contribution < -0.4 is 19.5 Å². The first kappa shape index (κ1) is 29.0. The molecule has 3 heterocycles. The monoisotopic (exact) mass is 602 g/mol. The third-order valence-electron chi connectivity index (χ3n) is 6.68. The second-order valence-electron chi connectivity index (χ2n) is 9.45. The summed E-state index contributed by atoms with van der Waals surface area (Å²) in [5.41, 5.74) is 0.0787. The van der Waals surface area contributed by atoms with Gasteiger partial charge in [0, 0.05) is 56.2 Å². The van der Waals surface area contributed by atoms with E-state index in [1.165, 1.54) is 25.5 Å². The maximum absolute atomic E-state index is 13.0. The summed E-state index contributed by atoms with van der Waals surface area (Å²) in [6, 6.07) is 9.07. The quantitative estimate of drug-likeness (QED) is 0.240. The first-order valence-electron chi connectivity index (χ1n) is 12.8. The molecule has 42 heavy (non-hydrogen) atoms. The molecule has 1 amide bonds. The van der Waals surface area contributed by atoms with Crippen LogP contribution in [-0.4, -0.2) is 56.9 Å². The number of hydrogen-bond acceptors (Lipinski definition) is 8. The molecule has 1 saturated heterocycles. The fraction of sp³-hybridized carbons (Fsp3) is 0.286. The highest BCUT2D eigenvalue weighted by molar-refractivity contribution is 6.32. The minimum Gasteiger partial charge on any atom is -0.493 e. The molecule has 5 rings (SSSR count). The Hall–Kier alpha value is -4.52. The van der Waals surface area contributed by atoms with Crippen LogP contribution in [-0.2, 0) is 18.0 Å². The highest BCUT2D eigenvalue weighted by atomic mass is 35.5. The number of amides is 1. The molecule has 1 aliphatic rings. The van der Waals surface area contributed by atoms with E-state index in [2.05, 4.69) is 27.0 Å². The fourth-order valence-electron chi connectivity index (χ4n) is 4.51. The van der Waals surface area contributed by atoms with Gasteiger partial charge in [-0.2, -0.15) is 18.3 Å². The highest BCUT2D eigenvalue weighted by Crippen LogP contribution is 2.38. The van der Waals surface area contributed by atoms with Crippen LogP contribution in [0.4, 0.5) is 24.7 Å². The molecule has 0 unspecified atom stereocenters. The molecule has 0 bridgehead atoms. The number of fused-ring (bicyclic) bond motifs is 1. The molecule has 2 aromatic heterocycles. The number of nitrogens with one attached hydrogen (secondary N) is 1. The van der Waals surface area contributed by atoms with Gasteiger partial charge in [-0.25, -0.2) is 14.6 Å². The largest absolute Gasteiger partial charge is 0.493 e. The molecule has 1 aliphatic heterocycles. The van der Waals surface area contributed by atoms with Gasteiger partial charge in [-0.1, -0.05) is 18.2 Å². The third-order valence-corrected chi connectivity index (χ3v) is 6.97. The van der Waals surface area contributed by atoms with E-state index in [1.54, 1.807) is 36.3 Å². The number of methoxy groups -OCH3 is 1. The van der Waals surface area contributed by atoms with Crippen molar-refractivity contribution in [2.45, 2.75) is 25.1 Å². The average Bonchev–Trinajstić information content (AvgIpc) is 3.35. The van der Waals surface area contributed by atoms with Crippen molar-refractivity contribution in [1.29, 1.82) is 0 Å². The number of aryl methyl sites for hydroxylation is 1. The summed E-state index contributed by atoms with van der Waals surface area (Å²) in [7, 11) is 2.88. The van der Waals surface area contributed by atoms with Crippen molar-refractivity contribution in [3.63, 3.8) is 0 Å². The van der Waals surface area contributed by atoms with E-state index in [0.29, 0.717) is 59.8 Å².